The van der Waals surface area contributed by atoms with E-state index in [-0.39, 0.29) is 5.41 Å². The quantitative estimate of drug-likeness (QED) is 0.778. The van der Waals surface area contributed by atoms with Crippen LogP contribution in [0.25, 0.3) is 0 Å². The van der Waals surface area contributed by atoms with Crippen molar-refractivity contribution < 1.29 is 0 Å². The molecule has 1 saturated carbocycles. The van der Waals surface area contributed by atoms with Crippen molar-refractivity contribution in [1.82, 2.24) is 5.32 Å². The van der Waals surface area contributed by atoms with Crippen LogP contribution in [0.15, 0.2) is 24.3 Å². The summed E-state index contributed by atoms with van der Waals surface area (Å²) in [6, 6.07) is 10.3. The summed E-state index contributed by atoms with van der Waals surface area (Å²) in [6.45, 7) is 13.9. The number of hydrogen-bond acceptors (Lipinski definition) is 1. The minimum Gasteiger partial charge on any atom is -0.307 e. The third-order valence-corrected chi connectivity index (χ3v) is 5.17. The highest BCUT2D eigenvalue weighted by molar-refractivity contribution is 5.29. The third-order valence-electron chi connectivity index (χ3n) is 5.17. The van der Waals surface area contributed by atoms with E-state index in [0.717, 1.165) is 11.8 Å². The van der Waals surface area contributed by atoms with E-state index in [9.17, 15) is 0 Å². The summed E-state index contributed by atoms with van der Waals surface area (Å²) in [5.41, 5.74) is 3.07. The van der Waals surface area contributed by atoms with Gasteiger partial charge in [0.05, 0.1) is 0 Å². The molecule has 4 atom stereocenters. The van der Waals surface area contributed by atoms with Crippen molar-refractivity contribution in [3.8, 4) is 0 Å². The maximum absolute atomic E-state index is 3.86. The molecule has 21 heavy (non-hydrogen) atoms. The fraction of sp³-hybridized carbons (Fsp3) is 0.700. The van der Waals surface area contributed by atoms with Gasteiger partial charge in [-0.15, -0.1) is 0 Å². The van der Waals surface area contributed by atoms with Crippen molar-refractivity contribution in [2.24, 2.45) is 11.8 Å². The lowest BCUT2D eigenvalue weighted by molar-refractivity contribution is 0.216. The normalized spacial score (nSPS) is 28.4. The minimum absolute atomic E-state index is 0.239. The molecule has 1 aromatic rings. The molecule has 1 N–H and O–H groups in total. The van der Waals surface area contributed by atoms with Crippen LogP contribution < -0.4 is 5.32 Å². The molecule has 0 heterocycles. The second kappa shape index (κ2) is 6.52. The number of benzene rings is 1. The van der Waals surface area contributed by atoms with Gasteiger partial charge >= 0.3 is 0 Å². The molecule has 0 saturated heterocycles. The van der Waals surface area contributed by atoms with Crippen molar-refractivity contribution in [2.75, 3.05) is 0 Å². The number of nitrogens with one attached hydrogen (secondary N) is 1. The van der Waals surface area contributed by atoms with E-state index in [2.05, 4.69) is 71.1 Å². The molecule has 0 amide bonds. The first-order valence-electron chi connectivity index (χ1n) is 8.64. The summed E-state index contributed by atoms with van der Waals surface area (Å²) in [5, 5.41) is 3.86. The Hall–Kier alpha value is -0.820. The molecule has 2 rings (SSSR count). The van der Waals surface area contributed by atoms with Crippen LogP contribution in [0.5, 0.6) is 0 Å². The molecule has 1 heteroatoms. The van der Waals surface area contributed by atoms with E-state index in [1.54, 1.807) is 0 Å². The van der Waals surface area contributed by atoms with Crippen LogP contribution in [-0.4, -0.2) is 6.04 Å². The van der Waals surface area contributed by atoms with Gasteiger partial charge in [-0.25, -0.2) is 0 Å². The molecule has 0 spiro atoms. The fourth-order valence-corrected chi connectivity index (χ4v) is 3.60. The number of rotatable bonds is 3. The predicted molar refractivity (Wildman–Crippen MR) is 92.7 cm³/mol. The van der Waals surface area contributed by atoms with E-state index in [0.29, 0.717) is 12.1 Å². The highest BCUT2D eigenvalue weighted by Crippen LogP contribution is 2.30. The third kappa shape index (κ3) is 4.32. The zero-order chi connectivity index (χ0) is 15.6. The molecule has 1 aliphatic carbocycles. The predicted octanol–water partition coefficient (Wildman–Crippen LogP) is 5.46. The molecule has 4 unspecified atom stereocenters. The van der Waals surface area contributed by atoms with Crippen molar-refractivity contribution in [2.45, 2.75) is 78.3 Å². The Morgan fingerprint density at radius 3 is 2.19 bits per heavy atom. The summed E-state index contributed by atoms with van der Waals surface area (Å²) in [4.78, 5) is 0. The second-order valence-electron chi connectivity index (χ2n) is 8.26. The Bertz CT molecular complexity index is 440. The first-order chi connectivity index (χ1) is 9.77. The Kier molecular flexibility index (Phi) is 5.14. The maximum atomic E-state index is 3.86. The van der Waals surface area contributed by atoms with Gasteiger partial charge in [0, 0.05) is 12.1 Å². The van der Waals surface area contributed by atoms with Crippen molar-refractivity contribution in [3.05, 3.63) is 35.4 Å². The van der Waals surface area contributed by atoms with E-state index in [1.165, 1.54) is 30.4 Å². The number of hydrogen-bond donors (Lipinski definition) is 1. The standard InChI is InChI=1S/C20H33N/c1-14-7-12-19(15(2)13-14)21-16(3)17-8-10-18(11-9-17)20(4,5)6/h8-11,14-16,19,21H,7,12-13H2,1-6H3. The van der Waals surface area contributed by atoms with Crippen LogP contribution in [0.1, 0.15) is 78.0 Å². The summed E-state index contributed by atoms with van der Waals surface area (Å²) in [5.74, 6) is 1.70. The van der Waals surface area contributed by atoms with Gasteiger partial charge in [-0.1, -0.05) is 58.9 Å². The lowest BCUT2D eigenvalue weighted by atomic mass is 9.79. The summed E-state index contributed by atoms with van der Waals surface area (Å²) in [7, 11) is 0. The van der Waals surface area contributed by atoms with Crippen molar-refractivity contribution in [1.29, 1.82) is 0 Å². The summed E-state index contributed by atoms with van der Waals surface area (Å²) < 4.78 is 0. The molecule has 1 aliphatic rings. The zero-order valence-corrected chi connectivity index (χ0v) is 14.7. The van der Waals surface area contributed by atoms with Crippen molar-refractivity contribution in [3.63, 3.8) is 0 Å². The van der Waals surface area contributed by atoms with Gasteiger partial charge in [-0.2, -0.15) is 0 Å². The minimum atomic E-state index is 0.239. The lowest BCUT2D eigenvalue weighted by Crippen LogP contribution is -2.40. The van der Waals surface area contributed by atoms with E-state index in [1.807, 2.05) is 0 Å². The highest BCUT2D eigenvalue weighted by atomic mass is 15.0. The largest absolute Gasteiger partial charge is 0.307 e. The molecule has 1 nitrogen and oxygen atoms in total. The van der Waals surface area contributed by atoms with Gasteiger partial charge in [0.2, 0.25) is 0 Å². The first-order valence-corrected chi connectivity index (χ1v) is 8.64. The van der Waals surface area contributed by atoms with E-state index in [4.69, 9.17) is 0 Å². The molecule has 1 aromatic carbocycles. The summed E-state index contributed by atoms with van der Waals surface area (Å²) >= 11 is 0. The van der Waals surface area contributed by atoms with Gasteiger partial charge in [0.25, 0.3) is 0 Å². The van der Waals surface area contributed by atoms with Crippen LogP contribution in [0, 0.1) is 11.8 Å². The Morgan fingerprint density at radius 1 is 1.05 bits per heavy atom. The molecular weight excluding hydrogens is 254 g/mol. The molecule has 0 aliphatic heterocycles. The average molecular weight is 287 g/mol. The highest BCUT2D eigenvalue weighted by Gasteiger charge is 2.26. The monoisotopic (exact) mass is 287 g/mol. The first kappa shape index (κ1) is 16.5. The second-order valence-corrected chi connectivity index (χ2v) is 8.26. The van der Waals surface area contributed by atoms with Crippen LogP contribution in [0.4, 0.5) is 0 Å². The maximum Gasteiger partial charge on any atom is 0.0294 e. The topological polar surface area (TPSA) is 12.0 Å². The van der Waals surface area contributed by atoms with Crippen LogP contribution in [-0.2, 0) is 5.41 Å². The zero-order valence-electron chi connectivity index (χ0n) is 14.7. The average Bonchev–Trinajstić information content (AvgIpc) is 2.41. The Morgan fingerprint density at radius 2 is 1.67 bits per heavy atom. The van der Waals surface area contributed by atoms with Crippen LogP contribution in [0.3, 0.4) is 0 Å². The molecule has 118 valence electrons. The van der Waals surface area contributed by atoms with Gasteiger partial charge in [-0.05, 0) is 54.6 Å². The Labute approximate surface area is 131 Å². The van der Waals surface area contributed by atoms with Crippen molar-refractivity contribution >= 4 is 0 Å². The fourth-order valence-electron chi connectivity index (χ4n) is 3.60. The van der Waals surface area contributed by atoms with Crippen LogP contribution >= 0.6 is 0 Å². The SMILES string of the molecule is CC1CCC(NC(C)c2ccc(C(C)(C)C)cc2)C(C)C1. The molecule has 0 aromatic heterocycles. The van der Waals surface area contributed by atoms with Gasteiger partial charge in [0.15, 0.2) is 0 Å². The van der Waals surface area contributed by atoms with Gasteiger partial charge in [-0.3, -0.25) is 0 Å². The van der Waals surface area contributed by atoms with Gasteiger partial charge < -0.3 is 5.32 Å². The van der Waals surface area contributed by atoms with E-state index >= 15 is 0 Å². The lowest BCUT2D eigenvalue weighted by Gasteiger charge is -2.35. The summed E-state index contributed by atoms with van der Waals surface area (Å²) in [6.07, 6.45) is 4.07. The molecule has 0 radical (unpaired) electrons. The van der Waals surface area contributed by atoms with E-state index < -0.39 is 0 Å². The van der Waals surface area contributed by atoms with Gasteiger partial charge in [0.1, 0.15) is 0 Å². The molecule has 0 bridgehead atoms. The Balaban J connectivity index is 1.98. The van der Waals surface area contributed by atoms with Crippen LogP contribution in [0.2, 0.25) is 0 Å². The smallest absolute Gasteiger partial charge is 0.0294 e. The molecule has 1 fully saturated rings. The molecular formula is C20H33N.